The summed E-state index contributed by atoms with van der Waals surface area (Å²) in [5.74, 6) is -0.271. The standard InChI is InChI=1S/C7H4ClF3O.C2H4O/c8-5-1-3-6(4-2-5)12-7(9,10)11;1-2-3/h1-4H;2H,1H3. The number of carbonyl (C=O) groups is 1. The summed E-state index contributed by atoms with van der Waals surface area (Å²) in [6.07, 6.45) is -3.90. The molecule has 0 spiro atoms. The molecule has 0 saturated heterocycles. The minimum Gasteiger partial charge on any atom is -0.406 e. The highest BCUT2D eigenvalue weighted by atomic mass is 35.5. The lowest BCUT2D eigenvalue weighted by atomic mass is 10.3. The molecule has 0 atom stereocenters. The summed E-state index contributed by atoms with van der Waals surface area (Å²) < 4.78 is 38.4. The molecule has 0 unspecified atom stereocenters. The predicted octanol–water partition coefficient (Wildman–Crippen LogP) is 3.44. The van der Waals surface area contributed by atoms with Crippen LogP contribution in [0.15, 0.2) is 24.3 Å². The fourth-order valence-corrected chi connectivity index (χ4v) is 0.762. The van der Waals surface area contributed by atoms with Gasteiger partial charge in [-0.1, -0.05) is 11.6 Å². The summed E-state index contributed by atoms with van der Waals surface area (Å²) in [4.78, 5) is 8.81. The Hall–Kier alpha value is -1.23. The summed E-state index contributed by atoms with van der Waals surface area (Å²) in [5, 5.41) is 0.365. The van der Waals surface area contributed by atoms with Gasteiger partial charge in [-0.2, -0.15) is 0 Å². The Balaban J connectivity index is 0.000000583. The Morgan fingerprint density at radius 1 is 1.27 bits per heavy atom. The van der Waals surface area contributed by atoms with Crippen LogP contribution in [-0.2, 0) is 4.79 Å². The third-order valence-corrected chi connectivity index (χ3v) is 1.30. The van der Waals surface area contributed by atoms with E-state index in [1.54, 1.807) is 0 Å². The van der Waals surface area contributed by atoms with E-state index < -0.39 is 6.36 Å². The molecule has 1 aromatic rings. The van der Waals surface area contributed by atoms with Crippen LogP contribution in [-0.4, -0.2) is 12.6 Å². The van der Waals surface area contributed by atoms with Crippen LogP contribution in [0.2, 0.25) is 5.02 Å². The molecule has 15 heavy (non-hydrogen) atoms. The first-order valence-corrected chi connectivity index (χ1v) is 4.18. The molecule has 1 aromatic carbocycles. The second-order valence-corrected chi connectivity index (χ2v) is 2.67. The molecule has 0 radical (unpaired) electrons. The molecule has 2 nitrogen and oxygen atoms in total. The zero-order chi connectivity index (χ0) is 11.9. The molecule has 0 aliphatic rings. The second kappa shape index (κ2) is 6.29. The second-order valence-electron chi connectivity index (χ2n) is 2.24. The summed E-state index contributed by atoms with van der Waals surface area (Å²) in [6, 6.07) is 4.94. The van der Waals surface area contributed by atoms with Crippen molar-refractivity contribution in [1.82, 2.24) is 0 Å². The minimum atomic E-state index is -4.65. The summed E-state index contributed by atoms with van der Waals surface area (Å²) in [7, 11) is 0. The molecule has 1 rings (SSSR count). The molecule has 0 aromatic heterocycles. The van der Waals surface area contributed by atoms with Gasteiger partial charge in [0, 0.05) is 5.02 Å². The van der Waals surface area contributed by atoms with Gasteiger partial charge in [0.05, 0.1) is 0 Å². The molecular formula is C9H8ClF3O2. The van der Waals surface area contributed by atoms with Crippen LogP contribution in [0.4, 0.5) is 13.2 Å². The lowest BCUT2D eigenvalue weighted by molar-refractivity contribution is -0.274. The molecule has 0 heterocycles. The van der Waals surface area contributed by atoms with E-state index in [-0.39, 0.29) is 5.75 Å². The van der Waals surface area contributed by atoms with Gasteiger partial charge in [-0.05, 0) is 31.2 Å². The van der Waals surface area contributed by atoms with Crippen molar-refractivity contribution in [1.29, 1.82) is 0 Å². The fraction of sp³-hybridized carbons (Fsp3) is 0.222. The Morgan fingerprint density at radius 3 is 2.00 bits per heavy atom. The number of aldehydes is 1. The van der Waals surface area contributed by atoms with Gasteiger partial charge in [0.2, 0.25) is 0 Å². The monoisotopic (exact) mass is 240 g/mol. The minimum absolute atomic E-state index is 0.271. The number of hydrogen-bond acceptors (Lipinski definition) is 2. The average Bonchev–Trinajstić information content (AvgIpc) is 2.08. The van der Waals surface area contributed by atoms with Crippen LogP contribution < -0.4 is 4.74 Å². The Morgan fingerprint density at radius 2 is 1.67 bits per heavy atom. The number of hydrogen-bond donors (Lipinski definition) is 0. The van der Waals surface area contributed by atoms with E-state index in [1.165, 1.54) is 19.1 Å². The highest BCUT2D eigenvalue weighted by molar-refractivity contribution is 6.30. The van der Waals surface area contributed by atoms with Crippen molar-refractivity contribution in [3.8, 4) is 5.75 Å². The van der Waals surface area contributed by atoms with Crippen molar-refractivity contribution in [2.45, 2.75) is 13.3 Å². The normalized spacial score (nSPS) is 9.93. The quantitative estimate of drug-likeness (QED) is 0.703. The van der Waals surface area contributed by atoms with E-state index in [9.17, 15) is 13.2 Å². The molecule has 0 aliphatic heterocycles. The van der Waals surface area contributed by atoms with Crippen molar-refractivity contribution in [3.63, 3.8) is 0 Å². The Kier molecular flexibility index (Phi) is 5.77. The molecule has 0 amide bonds. The third kappa shape index (κ3) is 7.81. The number of halogens is 4. The summed E-state index contributed by atoms with van der Waals surface area (Å²) in [6.45, 7) is 1.44. The lowest BCUT2D eigenvalue weighted by Gasteiger charge is -2.07. The van der Waals surface area contributed by atoms with Gasteiger partial charge in [-0.15, -0.1) is 13.2 Å². The van der Waals surface area contributed by atoms with Gasteiger partial charge >= 0.3 is 6.36 Å². The van der Waals surface area contributed by atoms with E-state index in [1.807, 2.05) is 0 Å². The Labute approximate surface area is 89.6 Å². The van der Waals surface area contributed by atoms with Crippen LogP contribution in [0.3, 0.4) is 0 Å². The van der Waals surface area contributed by atoms with E-state index in [2.05, 4.69) is 4.74 Å². The van der Waals surface area contributed by atoms with Crippen LogP contribution >= 0.6 is 11.6 Å². The molecule has 0 fully saturated rings. The lowest BCUT2D eigenvalue weighted by Crippen LogP contribution is -2.16. The zero-order valence-corrected chi connectivity index (χ0v) is 8.47. The van der Waals surface area contributed by atoms with Gasteiger partial charge in [0.1, 0.15) is 12.0 Å². The first kappa shape index (κ1) is 13.8. The average molecular weight is 241 g/mol. The van der Waals surface area contributed by atoms with Gasteiger partial charge in [0.25, 0.3) is 0 Å². The maximum absolute atomic E-state index is 11.6. The van der Waals surface area contributed by atoms with Gasteiger partial charge in [-0.3, -0.25) is 0 Å². The number of carbonyl (C=O) groups excluding carboxylic acids is 1. The maximum atomic E-state index is 11.6. The fourth-order valence-electron chi connectivity index (χ4n) is 0.636. The number of ether oxygens (including phenoxy) is 1. The summed E-state index contributed by atoms with van der Waals surface area (Å²) >= 11 is 5.45. The highest BCUT2D eigenvalue weighted by Crippen LogP contribution is 2.23. The topological polar surface area (TPSA) is 26.3 Å². The smallest absolute Gasteiger partial charge is 0.406 e. The number of benzene rings is 1. The van der Waals surface area contributed by atoms with Crippen LogP contribution in [0.5, 0.6) is 5.75 Å². The molecule has 0 saturated carbocycles. The van der Waals surface area contributed by atoms with Gasteiger partial charge in [0.15, 0.2) is 0 Å². The first-order chi connectivity index (χ1) is 6.89. The van der Waals surface area contributed by atoms with Crippen molar-refractivity contribution < 1.29 is 22.7 Å². The molecule has 84 valence electrons. The van der Waals surface area contributed by atoms with E-state index in [0.29, 0.717) is 5.02 Å². The van der Waals surface area contributed by atoms with Gasteiger partial charge in [-0.25, -0.2) is 0 Å². The maximum Gasteiger partial charge on any atom is 0.573 e. The van der Waals surface area contributed by atoms with E-state index >= 15 is 0 Å². The number of rotatable bonds is 1. The Bertz CT molecular complexity index is 295. The van der Waals surface area contributed by atoms with E-state index in [0.717, 1.165) is 18.4 Å². The van der Waals surface area contributed by atoms with Crippen molar-refractivity contribution in [2.75, 3.05) is 0 Å². The SMILES string of the molecule is CC=O.FC(F)(F)Oc1ccc(Cl)cc1. The third-order valence-electron chi connectivity index (χ3n) is 1.05. The van der Waals surface area contributed by atoms with Gasteiger partial charge < -0.3 is 9.53 Å². The zero-order valence-electron chi connectivity index (χ0n) is 7.72. The largest absolute Gasteiger partial charge is 0.573 e. The molecule has 6 heteroatoms. The van der Waals surface area contributed by atoms with Crippen molar-refractivity contribution >= 4 is 17.9 Å². The van der Waals surface area contributed by atoms with Crippen molar-refractivity contribution in [3.05, 3.63) is 29.3 Å². The molecular weight excluding hydrogens is 233 g/mol. The highest BCUT2D eigenvalue weighted by Gasteiger charge is 2.30. The van der Waals surface area contributed by atoms with Crippen LogP contribution in [0.1, 0.15) is 6.92 Å². The molecule has 0 bridgehead atoms. The van der Waals surface area contributed by atoms with E-state index in [4.69, 9.17) is 16.4 Å². The number of alkyl halides is 3. The summed E-state index contributed by atoms with van der Waals surface area (Å²) in [5.41, 5.74) is 0. The molecule has 0 aliphatic carbocycles. The first-order valence-electron chi connectivity index (χ1n) is 3.80. The molecule has 0 N–H and O–H groups in total. The van der Waals surface area contributed by atoms with Crippen molar-refractivity contribution in [2.24, 2.45) is 0 Å². The predicted molar refractivity (Wildman–Crippen MR) is 49.9 cm³/mol. The van der Waals surface area contributed by atoms with Crippen LogP contribution in [0, 0.1) is 0 Å². The van der Waals surface area contributed by atoms with Crippen LogP contribution in [0.25, 0.3) is 0 Å².